The maximum atomic E-state index is 12.8. The van der Waals surface area contributed by atoms with Crippen molar-refractivity contribution in [3.63, 3.8) is 0 Å². The summed E-state index contributed by atoms with van der Waals surface area (Å²) in [7, 11) is 6.64. The normalized spacial score (nSPS) is 14.1. The summed E-state index contributed by atoms with van der Waals surface area (Å²) in [5.74, 6) is 2.59. The number of amides is 1. The molecule has 2 heterocycles. The molecule has 1 N–H and O–H groups in total. The van der Waals surface area contributed by atoms with Gasteiger partial charge in [-0.25, -0.2) is 0 Å². The summed E-state index contributed by atoms with van der Waals surface area (Å²) in [4.78, 5) is 21.3. The summed E-state index contributed by atoms with van der Waals surface area (Å²) >= 11 is 0. The zero-order valence-corrected chi connectivity index (χ0v) is 22.2. The molecule has 33 heavy (non-hydrogen) atoms. The predicted octanol–water partition coefficient (Wildman–Crippen LogP) is 1.92. The molecule has 0 radical (unpaired) electrons. The van der Waals surface area contributed by atoms with Gasteiger partial charge in [-0.15, -0.1) is 24.0 Å². The average molecular weight is 572 g/mol. The number of carbonyl (C=O) groups is 1. The van der Waals surface area contributed by atoms with E-state index in [9.17, 15) is 4.79 Å². The number of aliphatic imine (C=N–C) groups is 1. The minimum atomic E-state index is 0. The van der Waals surface area contributed by atoms with Crippen LogP contribution in [0.25, 0.3) is 0 Å². The third-order valence-electron chi connectivity index (χ3n) is 5.29. The van der Waals surface area contributed by atoms with Gasteiger partial charge in [0.15, 0.2) is 17.5 Å². The highest BCUT2D eigenvalue weighted by Gasteiger charge is 2.27. The van der Waals surface area contributed by atoms with Crippen LogP contribution in [0.3, 0.4) is 0 Å². The number of piperazine rings is 1. The second-order valence-electron chi connectivity index (χ2n) is 7.32. The highest BCUT2D eigenvalue weighted by Crippen LogP contribution is 2.39. The monoisotopic (exact) mass is 572 g/mol. The minimum Gasteiger partial charge on any atom is -0.493 e. The van der Waals surface area contributed by atoms with Crippen molar-refractivity contribution in [2.45, 2.75) is 13.3 Å². The topological polar surface area (TPSA) is 93.5 Å². The van der Waals surface area contributed by atoms with Gasteiger partial charge in [-0.3, -0.25) is 14.5 Å². The summed E-state index contributed by atoms with van der Waals surface area (Å²) in [6.07, 6.45) is 4.22. The number of aromatic nitrogens is 2. The van der Waals surface area contributed by atoms with Crippen molar-refractivity contribution >= 4 is 41.5 Å². The van der Waals surface area contributed by atoms with Gasteiger partial charge in [0.25, 0.3) is 0 Å². The molecule has 182 valence electrons. The highest BCUT2D eigenvalue weighted by molar-refractivity contribution is 14.0. The van der Waals surface area contributed by atoms with E-state index in [2.05, 4.69) is 10.4 Å². The van der Waals surface area contributed by atoms with Crippen LogP contribution in [-0.2, 0) is 18.3 Å². The lowest BCUT2D eigenvalue weighted by atomic mass is 10.1. The Bertz CT molecular complexity index is 964. The summed E-state index contributed by atoms with van der Waals surface area (Å²) in [5, 5.41) is 7.46. The van der Waals surface area contributed by atoms with Gasteiger partial charge in [-0.05, 0) is 19.4 Å². The molecule has 0 saturated carbocycles. The molecule has 0 aliphatic carbocycles. The predicted molar refractivity (Wildman–Crippen MR) is 138 cm³/mol. The molecule has 1 saturated heterocycles. The largest absolute Gasteiger partial charge is 0.493 e. The summed E-state index contributed by atoms with van der Waals surface area (Å²) < 4.78 is 18.1. The van der Waals surface area contributed by atoms with Gasteiger partial charge in [-0.1, -0.05) is 6.07 Å². The van der Waals surface area contributed by atoms with Crippen LogP contribution >= 0.6 is 24.0 Å². The van der Waals surface area contributed by atoms with Crippen molar-refractivity contribution in [2.24, 2.45) is 12.0 Å². The molecule has 1 amide bonds. The molecule has 0 bridgehead atoms. The number of carbonyl (C=O) groups excluding carboxylic acids is 1. The molecule has 1 aromatic heterocycles. The molecule has 0 unspecified atom stereocenters. The van der Waals surface area contributed by atoms with E-state index < -0.39 is 0 Å². The Kier molecular flexibility index (Phi) is 10.1. The first-order chi connectivity index (χ1) is 15.5. The lowest BCUT2D eigenvalue weighted by Crippen LogP contribution is -2.55. The van der Waals surface area contributed by atoms with Crippen LogP contribution in [0.1, 0.15) is 12.5 Å². The van der Waals surface area contributed by atoms with Gasteiger partial charge in [0.05, 0.1) is 33.2 Å². The molecule has 0 atom stereocenters. The van der Waals surface area contributed by atoms with E-state index in [1.165, 1.54) is 0 Å². The molecule has 0 spiro atoms. The molecule has 2 aromatic rings. The van der Waals surface area contributed by atoms with E-state index in [4.69, 9.17) is 19.2 Å². The summed E-state index contributed by atoms with van der Waals surface area (Å²) in [6, 6.07) is 3.82. The van der Waals surface area contributed by atoms with Gasteiger partial charge in [0.2, 0.25) is 11.7 Å². The number of benzene rings is 1. The average Bonchev–Trinajstić information content (AvgIpc) is 3.23. The Labute approximate surface area is 211 Å². The number of rotatable bonds is 8. The van der Waals surface area contributed by atoms with Crippen LogP contribution < -0.4 is 24.4 Å². The number of nitrogens with one attached hydrogen (secondary N) is 1. The lowest BCUT2D eigenvalue weighted by Gasteiger charge is -2.35. The first-order valence-electron chi connectivity index (χ1n) is 10.6. The van der Waals surface area contributed by atoms with E-state index in [0.717, 1.165) is 23.8 Å². The quantitative estimate of drug-likeness (QED) is 0.294. The number of hydrogen-bond donors (Lipinski definition) is 1. The molecule has 1 aromatic carbocycles. The van der Waals surface area contributed by atoms with E-state index in [1.807, 2.05) is 37.2 Å². The Morgan fingerprint density at radius 2 is 1.91 bits per heavy atom. The molecular formula is C22H33IN6O4. The fraction of sp³-hybridized carbons (Fsp3) is 0.500. The van der Waals surface area contributed by atoms with Crippen LogP contribution in [0, 0.1) is 0 Å². The van der Waals surface area contributed by atoms with Gasteiger partial charge < -0.3 is 29.3 Å². The van der Waals surface area contributed by atoms with Crippen LogP contribution in [0.2, 0.25) is 0 Å². The van der Waals surface area contributed by atoms with Crippen molar-refractivity contribution in [1.82, 2.24) is 20.0 Å². The first-order valence-corrected chi connectivity index (χ1v) is 10.6. The number of anilines is 1. The van der Waals surface area contributed by atoms with E-state index >= 15 is 0 Å². The third-order valence-corrected chi connectivity index (χ3v) is 5.29. The van der Waals surface area contributed by atoms with Gasteiger partial charge >= 0.3 is 0 Å². The van der Waals surface area contributed by atoms with Gasteiger partial charge in [0, 0.05) is 45.0 Å². The van der Waals surface area contributed by atoms with Crippen molar-refractivity contribution in [3.05, 3.63) is 30.1 Å². The summed E-state index contributed by atoms with van der Waals surface area (Å²) in [5.41, 5.74) is 1.79. The van der Waals surface area contributed by atoms with Gasteiger partial charge in [0.1, 0.15) is 6.54 Å². The van der Waals surface area contributed by atoms with Crippen LogP contribution in [-0.4, -0.2) is 80.6 Å². The van der Waals surface area contributed by atoms with Crippen molar-refractivity contribution in [1.29, 1.82) is 0 Å². The zero-order valence-electron chi connectivity index (χ0n) is 19.8. The van der Waals surface area contributed by atoms with Crippen LogP contribution in [0.5, 0.6) is 17.2 Å². The SMILES string of the molecule is CCNC(=NCCc1ccc(OC)c(OC)c1OC)N1CCN(c2cnn(C)c2)C(=O)C1.I. The molecular weight excluding hydrogens is 539 g/mol. The number of methoxy groups -OCH3 is 3. The number of guanidine groups is 1. The Morgan fingerprint density at radius 3 is 2.48 bits per heavy atom. The zero-order chi connectivity index (χ0) is 23.1. The maximum absolute atomic E-state index is 12.8. The molecule has 3 rings (SSSR count). The van der Waals surface area contributed by atoms with E-state index in [0.29, 0.717) is 43.3 Å². The number of nitrogens with zero attached hydrogens (tertiary/aromatic N) is 5. The summed E-state index contributed by atoms with van der Waals surface area (Å²) in [6.45, 7) is 4.80. The third kappa shape index (κ3) is 6.21. The van der Waals surface area contributed by atoms with E-state index in [1.54, 1.807) is 37.1 Å². The minimum absolute atomic E-state index is 0. The molecule has 1 fully saturated rings. The fourth-order valence-corrected chi connectivity index (χ4v) is 3.74. The molecule has 11 heteroatoms. The highest BCUT2D eigenvalue weighted by atomic mass is 127. The Balaban J connectivity index is 0.00000385. The first kappa shape index (κ1) is 26.6. The van der Waals surface area contributed by atoms with Gasteiger partial charge in [-0.2, -0.15) is 5.10 Å². The molecule has 10 nitrogen and oxygen atoms in total. The van der Waals surface area contributed by atoms with Crippen LogP contribution in [0.15, 0.2) is 29.5 Å². The van der Waals surface area contributed by atoms with Crippen molar-refractivity contribution in [2.75, 3.05) is 59.0 Å². The number of ether oxygens (including phenoxy) is 3. The number of aryl methyl sites for hydroxylation is 1. The molecule has 1 aliphatic rings. The number of halogens is 1. The molecule has 1 aliphatic heterocycles. The Morgan fingerprint density at radius 1 is 1.15 bits per heavy atom. The number of hydrogen-bond acceptors (Lipinski definition) is 6. The van der Waals surface area contributed by atoms with Crippen molar-refractivity contribution < 1.29 is 19.0 Å². The Hall–Kier alpha value is -2.70. The standard InChI is InChI=1S/C22H32N6O4.HI/c1-6-23-22(27-11-12-28(19(29)15-27)17-13-25-26(2)14-17)24-10-9-16-7-8-18(30-3)21(32-5)20(16)31-4;/h7-8,13-14H,6,9-12,15H2,1-5H3,(H,23,24);1H. The maximum Gasteiger partial charge on any atom is 0.246 e. The smallest absolute Gasteiger partial charge is 0.246 e. The van der Waals surface area contributed by atoms with Crippen LogP contribution in [0.4, 0.5) is 5.69 Å². The van der Waals surface area contributed by atoms with E-state index in [-0.39, 0.29) is 36.4 Å². The second kappa shape index (κ2) is 12.5. The second-order valence-corrected chi connectivity index (χ2v) is 7.32. The fourth-order valence-electron chi connectivity index (χ4n) is 3.74. The lowest BCUT2D eigenvalue weighted by molar-refractivity contribution is -0.120. The van der Waals surface area contributed by atoms with Crippen molar-refractivity contribution in [3.8, 4) is 17.2 Å².